The molecule has 0 radical (unpaired) electrons. The van der Waals surface area contributed by atoms with E-state index in [9.17, 15) is 9.59 Å². The van der Waals surface area contributed by atoms with Gasteiger partial charge in [0.1, 0.15) is 0 Å². The van der Waals surface area contributed by atoms with Crippen LogP contribution in [0.5, 0.6) is 0 Å². The van der Waals surface area contributed by atoms with Crippen LogP contribution < -0.4 is 10.7 Å². The topological polar surface area (TPSA) is 86.7 Å². The van der Waals surface area contributed by atoms with Crippen molar-refractivity contribution in [2.45, 2.75) is 34.6 Å². The van der Waals surface area contributed by atoms with Crippen molar-refractivity contribution in [1.82, 2.24) is 15.3 Å². The van der Waals surface area contributed by atoms with E-state index in [1.54, 1.807) is 31.5 Å². The van der Waals surface area contributed by atoms with Crippen molar-refractivity contribution >= 4 is 23.2 Å². The van der Waals surface area contributed by atoms with E-state index in [1.165, 1.54) is 0 Å². The summed E-state index contributed by atoms with van der Waals surface area (Å²) >= 11 is 0. The highest BCUT2D eigenvalue weighted by atomic mass is 16.2. The second kappa shape index (κ2) is 11.2. The van der Waals surface area contributed by atoms with Gasteiger partial charge in [-0.3, -0.25) is 14.6 Å². The average Bonchev–Trinajstić information content (AvgIpc) is 2.75. The SMILES string of the molecule is CCN(CC)C[C@H](C(=O)Nc1c(C)cccc1C)/C(C)=N/NC(=O)c1ccncc1. The van der Waals surface area contributed by atoms with Crippen LogP contribution in [-0.4, -0.2) is 47.0 Å². The maximum absolute atomic E-state index is 13.2. The number of nitrogens with one attached hydrogen (secondary N) is 2. The Morgan fingerprint density at radius 1 is 1.07 bits per heavy atom. The number of rotatable bonds is 9. The zero-order valence-electron chi connectivity index (χ0n) is 18.4. The second-order valence-electron chi connectivity index (χ2n) is 7.22. The number of hydrogen-bond donors (Lipinski definition) is 2. The van der Waals surface area contributed by atoms with Crippen LogP contribution in [0.1, 0.15) is 42.3 Å². The van der Waals surface area contributed by atoms with Crippen LogP contribution >= 0.6 is 0 Å². The molecule has 0 unspecified atom stereocenters. The molecular formula is C23H31N5O2. The van der Waals surface area contributed by atoms with Crippen molar-refractivity contribution in [3.05, 3.63) is 59.4 Å². The molecule has 1 atom stereocenters. The van der Waals surface area contributed by atoms with Gasteiger partial charge in [0.05, 0.1) is 5.92 Å². The van der Waals surface area contributed by atoms with Crippen molar-refractivity contribution in [1.29, 1.82) is 0 Å². The summed E-state index contributed by atoms with van der Waals surface area (Å²) in [6.07, 6.45) is 3.10. The average molecular weight is 410 g/mol. The number of anilines is 1. The molecule has 1 aromatic carbocycles. The highest BCUT2D eigenvalue weighted by Gasteiger charge is 2.25. The van der Waals surface area contributed by atoms with E-state index in [4.69, 9.17) is 0 Å². The van der Waals surface area contributed by atoms with Gasteiger partial charge in [-0.2, -0.15) is 5.10 Å². The van der Waals surface area contributed by atoms with Crippen LogP contribution in [0, 0.1) is 19.8 Å². The van der Waals surface area contributed by atoms with E-state index in [2.05, 4.69) is 39.6 Å². The Hall–Kier alpha value is -3.06. The van der Waals surface area contributed by atoms with Crippen LogP contribution in [0.25, 0.3) is 0 Å². The Morgan fingerprint density at radius 2 is 1.67 bits per heavy atom. The van der Waals surface area contributed by atoms with Crippen molar-refractivity contribution in [3.8, 4) is 0 Å². The van der Waals surface area contributed by atoms with E-state index in [0.717, 1.165) is 29.9 Å². The zero-order valence-corrected chi connectivity index (χ0v) is 18.4. The molecule has 7 heteroatoms. The number of carbonyl (C=O) groups excluding carboxylic acids is 2. The molecule has 1 heterocycles. The highest BCUT2D eigenvalue weighted by Crippen LogP contribution is 2.21. The van der Waals surface area contributed by atoms with Crippen molar-refractivity contribution < 1.29 is 9.59 Å². The van der Waals surface area contributed by atoms with Crippen LogP contribution in [0.4, 0.5) is 5.69 Å². The molecule has 30 heavy (non-hydrogen) atoms. The fourth-order valence-corrected chi connectivity index (χ4v) is 3.15. The minimum absolute atomic E-state index is 0.140. The summed E-state index contributed by atoms with van der Waals surface area (Å²) in [5.74, 6) is -0.978. The number of benzene rings is 1. The summed E-state index contributed by atoms with van der Waals surface area (Å²) in [6, 6.07) is 9.13. The van der Waals surface area contributed by atoms with Crippen molar-refractivity contribution in [2.75, 3.05) is 25.0 Å². The molecule has 0 spiro atoms. The molecule has 0 aliphatic heterocycles. The van der Waals surface area contributed by atoms with Crippen LogP contribution in [0.15, 0.2) is 47.8 Å². The first-order valence-electron chi connectivity index (χ1n) is 10.2. The summed E-state index contributed by atoms with van der Waals surface area (Å²) in [7, 11) is 0. The number of nitrogens with zero attached hydrogens (tertiary/aromatic N) is 3. The summed E-state index contributed by atoms with van der Waals surface area (Å²) in [6.45, 7) is 12.0. The molecular weight excluding hydrogens is 378 g/mol. The molecule has 0 aliphatic carbocycles. The van der Waals surface area contributed by atoms with E-state index in [0.29, 0.717) is 17.8 Å². The van der Waals surface area contributed by atoms with Gasteiger partial charge in [0.15, 0.2) is 0 Å². The Kier molecular flexibility index (Phi) is 8.68. The first-order chi connectivity index (χ1) is 14.4. The Balaban J connectivity index is 2.22. The van der Waals surface area contributed by atoms with Crippen LogP contribution in [0.3, 0.4) is 0 Å². The standard InChI is InChI=1S/C23H31N5O2/c1-6-28(7-2)15-20(23(30)25-21-16(3)9-8-10-17(21)4)18(5)26-27-22(29)19-11-13-24-14-12-19/h8-14,20H,6-7,15H2,1-5H3,(H,25,30)(H,27,29)/b26-18+/t20-/m0/s1. The van der Waals surface area contributed by atoms with E-state index in [1.807, 2.05) is 32.0 Å². The van der Waals surface area contributed by atoms with Crippen LogP contribution in [0.2, 0.25) is 0 Å². The molecule has 2 aromatic rings. The first-order valence-corrected chi connectivity index (χ1v) is 10.2. The maximum atomic E-state index is 13.2. The summed E-state index contributed by atoms with van der Waals surface area (Å²) in [5.41, 5.74) is 6.39. The molecule has 0 bridgehead atoms. The van der Waals surface area contributed by atoms with Gasteiger partial charge in [0.25, 0.3) is 5.91 Å². The number of hydrazone groups is 1. The Bertz CT molecular complexity index is 871. The molecule has 0 saturated carbocycles. The lowest BCUT2D eigenvalue weighted by molar-refractivity contribution is -0.118. The minimum Gasteiger partial charge on any atom is -0.325 e. The predicted molar refractivity (Wildman–Crippen MR) is 121 cm³/mol. The van der Waals surface area contributed by atoms with Crippen molar-refractivity contribution in [2.24, 2.45) is 11.0 Å². The minimum atomic E-state index is -0.498. The second-order valence-corrected chi connectivity index (χ2v) is 7.22. The normalized spacial score (nSPS) is 12.5. The van der Waals surface area contributed by atoms with Gasteiger partial charge in [-0.05, 0) is 57.1 Å². The first kappa shape index (κ1) is 23.2. The molecule has 7 nitrogen and oxygen atoms in total. The smallest absolute Gasteiger partial charge is 0.271 e. The van der Waals surface area contributed by atoms with E-state index >= 15 is 0 Å². The third-order valence-corrected chi connectivity index (χ3v) is 5.16. The Morgan fingerprint density at radius 3 is 2.23 bits per heavy atom. The number of carbonyl (C=O) groups is 2. The zero-order chi connectivity index (χ0) is 22.1. The third kappa shape index (κ3) is 6.22. The summed E-state index contributed by atoms with van der Waals surface area (Å²) in [5, 5.41) is 7.30. The quantitative estimate of drug-likeness (QED) is 0.491. The molecule has 2 N–H and O–H groups in total. The molecule has 0 fully saturated rings. The number of aryl methyl sites for hydroxylation is 2. The fourth-order valence-electron chi connectivity index (χ4n) is 3.15. The van der Waals surface area contributed by atoms with Gasteiger partial charge in [0, 0.05) is 35.9 Å². The van der Waals surface area contributed by atoms with Gasteiger partial charge in [-0.15, -0.1) is 0 Å². The predicted octanol–water partition coefficient (Wildman–Crippen LogP) is 3.40. The Labute approximate surface area is 178 Å². The number of aromatic nitrogens is 1. The lowest BCUT2D eigenvalue weighted by Gasteiger charge is -2.25. The molecule has 0 aliphatic rings. The maximum Gasteiger partial charge on any atom is 0.271 e. The van der Waals surface area contributed by atoms with Crippen LogP contribution in [-0.2, 0) is 4.79 Å². The van der Waals surface area contributed by atoms with Gasteiger partial charge >= 0.3 is 0 Å². The summed E-state index contributed by atoms with van der Waals surface area (Å²) in [4.78, 5) is 31.6. The molecule has 2 amide bonds. The monoisotopic (exact) mass is 409 g/mol. The van der Waals surface area contributed by atoms with Gasteiger partial charge in [0.2, 0.25) is 5.91 Å². The number of hydrogen-bond acceptors (Lipinski definition) is 5. The lowest BCUT2D eigenvalue weighted by atomic mass is 10.0. The van der Waals surface area contributed by atoms with Gasteiger partial charge in [-0.25, -0.2) is 5.43 Å². The highest BCUT2D eigenvalue weighted by molar-refractivity contribution is 6.09. The van der Waals surface area contributed by atoms with Crippen molar-refractivity contribution in [3.63, 3.8) is 0 Å². The largest absolute Gasteiger partial charge is 0.325 e. The summed E-state index contributed by atoms with van der Waals surface area (Å²) < 4.78 is 0. The molecule has 160 valence electrons. The third-order valence-electron chi connectivity index (χ3n) is 5.16. The number of pyridine rings is 1. The van der Waals surface area contributed by atoms with Gasteiger partial charge in [-0.1, -0.05) is 32.0 Å². The molecule has 0 saturated heterocycles. The molecule has 1 aromatic heterocycles. The van der Waals surface area contributed by atoms with E-state index < -0.39 is 5.92 Å². The fraction of sp³-hybridized carbons (Fsp3) is 0.391. The molecule has 2 rings (SSSR count). The number of para-hydroxylation sites is 1. The lowest BCUT2D eigenvalue weighted by Crippen LogP contribution is -2.40. The van der Waals surface area contributed by atoms with E-state index in [-0.39, 0.29) is 11.8 Å². The number of amides is 2. The van der Waals surface area contributed by atoms with Gasteiger partial charge < -0.3 is 10.2 Å².